The standard InChI is InChI=1S/C61H69Cl3N6O14S4/c1-30-26-60(3,4)69-49-34(30)24-36-43(37-25-35-31(2)27-61(5,6)70-50(35)56(88(81,82)83)53(37)84-52(36)55(49)87(78,79)80)44-45(58(75)76)46(62)48(64)54(47(44)63)86-29-42(72)65-22-14-10-13-17-41(71)66-38(57(73)74)23-33-20-18-32(19-21-33)15-11-8-7-9-12-16-40-51-39(28-85-40)67-59(77)68-51/h18-21,24-25,30-31,38-40,51,69H,7-10,12-14,16-17,22-23,26-29H2,1-6H3,(H,65,72)(H,66,71)(H,73,74)(H,75,76)(H2,67,68,77)(H,78,79,80)(H,81,82,83)/p+1/t30?,31?,38-,39-,40-,51-/m0/s1. The maximum absolute atomic E-state index is 13.8. The molecule has 4 aromatic rings. The van der Waals surface area contributed by atoms with Gasteiger partial charge in [-0.3, -0.25) is 18.9 Å². The van der Waals surface area contributed by atoms with Gasteiger partial charge >= 0.3 is 23.9 Å². The van der Waals surface area contributed by atoms with E-state index in [1.165, 1.54) is 6.07 Å². The number of anilines is 1. The molecule has 0 aromatic heterocycles. The van der Waals surface area contributed by atoms with Crippen LogP contribution < -0.4 is 41.6 Å². The number of ether oxygens (including phenoxy) is 1. The van der Waals surface area contributed by atoms with Gasteiger partial charge in [-0.15, -0.1) is 11.8 Å². The average molecular weight is 1350 g/mol. The summed E-state index contributed by atoms with van der Waals surface area (Å²) in [5, 5.41) is 42.9. The van der Waals surface area contributed by atoms with Crippen LogP contribution in [0.3, 0.4) is 0 Å². The first-order chi connectivity index (χ1) is 41.3. The van der Waals surface area contributed by atoms with Gasteiger partial charge in [0.25, 0.3) is 20.2 Å². The zero-order valence-corrected chi connectivity index (χ0v) is 54.7. The molecule has 472 valence electrons. The van der Waals surface area contributed by atoms with Crippen molar-refractivity contribution >= 4 is 120 Å². The van der Waals surface area contributed by atoms with E-state index in [0.29, 0.717) is 48.5 Å². The number of hydrogen-bond donors (Lipinski definition) is 10. The van der Waals surface area contributed by atoms with Crippen molar-refractivity contribution in [3.05, 3.63) is 101 Å². The van der Waals surface area contributed by atoms with E-state index in [1.807, 2.05) is 51.6 Å². The zero-order valence-electron chi connectivity index (χ0n) is 49.2. The summed E-state index contributed by atoms with van der Waals surface area (Å²) < 4.78 is 83.7. The normalized spacial score (nSPS) is 20.9. The average Bonchev–Trinajstić information content (AvgIpc) is 1.73. The van der Waals surface area contributed by atoms with Gasteiger partial charge in [-0.25, -0.2) is 19.4 Å². The SMILES string of the molecule is CC1CC(C)(C)Nc2c1cc1c(c2S(=O)(=O)O)Oc2c(S(=O)(=O)O)c3c(cc2=C1c1c(Cl)c(SCC(O)=[NH+]CCCCCC(=O)N[C@@H](Cc2ccc(C#CCCCCC[C@@H]4SC[C@@H]5NC(=O)N[C@@H]54)cc2)C(=O)O)c(Cl)c(Cl)c1C(=O)O)C(C)CC(C)(C)N=3. The van der Waals surface area contributed by atoms with Crippen molar-refractivity contribution in [2.24, 2.45) is 4.99 Å². The first-order valence-electron chi connectivity index (χ1n) is 28.9. The summed E-state index contributed by atoms with van der Waals surface area (Å²) in [6.07, 6.45) is 7.27. The monoisotopic (exact) mass is 1340 g/mol. The highest BCUT2D eigenvalue weighted by molar-refractivity contribution is 8.00. The van der Waals surface area contributed by atoms with Crippen molar-refractivity contribution in [3.8, 4) is 23.3 Å². The minimum Gasteiger partial charge on any atom is -0.480 e. The molecule has 5 aliphatic rings. The van der Waals surface area contributed by atoms with Crippen molar-refractivity contribution in [1.82, 2.24) is 16.0 Å². The highest BCUT2D eigenvalue weighted by atomic mass is 35.5. The molecule has 10 N–H and O–H groups in total. The predicted octanol–water partition coefficient (Wildman–Crippen LogP) is 8.76. The van der Waals surface area contributed by atoms with Crippen LogP contribution in [0, 0.1) is 11.8 Å². The van der Waals surface area contributed by atoms with Crippen molar-refractivity contribution in [3.63, 3.8) is 0 Å². The Kier molecular flexibility index (Phi) is 20.2. The van der Waals surface area contributed by atoms with Gasteiger partial charge in [0.2, 0.25) is 5.91 Å². The molecule has 20 nitrogen and oxygen atoms in total. The number of carbonyl (C=O) groups is 4. The number of carboxylic acids is 2. The van der Waals surface area contributed by atoms with Crippen LogP contribution in [0.15, 0.2) is 56.1 Å². The third-order valence-corrected chi connectivity index (χ3v) is 22.2. The lowest BCUT2D eigenvalue weighted by Crippen LogP contribution is -2.73. The van der Waals surface area contributed by atoms with Gasteiger partial charge in [0.15, 0.2) is 21.3 Å². The number of nitrogens with one attached hydrogen (secondary N) is 5. The van der Waals surface area contributed by atoms with Gasteiger partial charge in [0, 0.05) is 74.6 Å². The molecule has 88 heavy (non-hydrogen) atoms. The van der Waals surface area contributed by atoms with E-state index in [4.69, 9.17) is 44.5 Å². The Labute approximate surface area is 534 Å². The number of hydrogen-bond acceptors (Lipinski definition) is 13. The van der Waals surface area contributed by atoms with Gasteiger partial charge in [-0.05, 0) is 119 Å². The van der Waals surface area contributed by atoms with E-state index in [0.717, 1.165) is 60.7 Å². The molecule has 3 amide bonds. The summed E-state index contributed by atoms with van der Waals surface area (Å²) in [6, 6.07) is 9.55. The second-order valence-electron chi connectivity index (χ2n) is 24.3. The molecule has 2 fully saturated rings. The van der Waals surface area contributed by atoms with E-state index < -0.39 is 98.9 Å². The van der Waals surface area contributed by atoms with Gasteiger partial charge in [-0.1, -0.05) is 85.5 Å². The number of fused-ring (bicyclic) bond motifs is 5. The minimum absolute atomic E-state index is 0.0366. The summed E-state index contributed by atoms with van der Waals surface area (Å²) in [5.41, 5.74) is -0.783. The van der Waals surface area contributed by atoms with Crippen LogP contribution in [-0.4, -0.2) is 124 Å². The van der Waals surface area contributed by atoms with E-state index in [-0.39, 0.29) is 97.1 Å². The number of aliphatic carboxylic acids is 1. The number of aliphatic hydroxyl groups excluding tert-OH is 1. The molecule has 0 radical (unpaired) electrons. The Morgan fingerprint density at radius 2 is 1.57 bits per heavy atom. The topological polar surface area (TPSA) is 321 Å². The van der Waals surface area contributed by atoms with Crippen LogP contribution in [0.1, 0.15) is 168 Å². The largest absolute Gasteiger partial charge is 0.480 e. The number of benzene rings is 4. The minimum atomic E-state index is -5.32. The Morgan fingerprint density at radius 1 is 0.875 bits per heavy atom. The van der Waals surface area contributed by atoms with E-state index in [1.54, 1.807) is 32.0 Å². The highest BCUT2D eigenvalue weighted by Crippen LogP contribution is 2.54. The lowest BCUT2D eigenvalue weighted by molar-refractivity contribution is -0.467. The first-order valence-corrected chi connectivity index (χ1v) is 35.0. The van der Waals surface area contributed by atoms with Crippen molar-refractivity contribution < 1.29 is 70.2 Å². The van der Waals surface area contributed by atoms with Crippen LogP contribution in [0.25, 0.3) is 5.57 Å². The van der Waals surface area contributed by atoms with Crippen LogP contribution in [-0.2, 0) is 36.2 Å². The summed E-state index contributed by atoms with van der Waals surface area (Å²) in [6.45, 7) is 11.1. The summed E-state index contributed by atoms with van der Waals surface area (Å²) >= 11 is 23.9. The molecule has 0 bridgehead atoms. The summed E-state index contributed by atoms with van der Waals surface area (Å²) in [7, 11) is -10.6. The predicted molar refractivity (Wildman–Crippen MR) is 339 cm³/mol. The van der Waals surface area contributed by atoms with Crippen molar-refractivity contribution in [1.29, 1.82) is 0 Å². The second kappa shape index (κ2) is 26.6. The Balaban J connectivity index is 0.883. The molecule has 5 aliphatic heterocycles. The Morgan fingerprint density at radius 3 is 2.25 bits per heavy atom. The lowest BCUT2D eigenvalue weighted by Gasteiger charge is -2.40. The van der Waals surface area contributed by atoms with Gasteiger partial charge in [0.1, 0.15) is 18.3 Å². The number of thioether (sulfide) groups is 2. The number of urea groups is 1. The molecule has 0 saturated carbocycles. The quantitative estimate of drug-likeness (QED) is 0.00452. The maximum Gasteiger partial charge on any atom is 0.342 e. The number of unbranched alkanes of at least 4 members (excludes halogenated alkanes) is 5. The van der Waals surface area contributed by atoms with Crippen molar-refractivity contribution in [2.45, 2.75) is 180 Å². The Hall–Kier alpha value is -5.75. The number of halogens is 3. The molecule has 27 heteroatoms. The highest BCUT2D eigenvalue weighted by Gasteiger charge is 2.45. The number of nitrogens with zero attached hydrogens (tertiary/aromatic N) is 1. The summed E-state index contributed by atoms with van der Waals surface area (Å²) in [4.78, 5) is 56.3. The smallest absolute Gasteiger partial charge is 0.342 e. The third-order valence-electron chi connectivity index (χ3n) is 16.3. The molecule has 4 aromatic carbocycles. The fourth-order valence-corrected chi connectivity index (χ4v) is 17.7. The molecular weight excluding hydrogens is 1280 g/mol. The zero-order chi connectivity index (χ0) is 63.9. The fraction of sp³-hybridized carbons (Fsp3) is 0.475. The number of aromatic carboxylic acids is 1. The third kappa shape index (κ3) is 14.7. The maximum atomic E-state index is 13.8. The molecule has 9 rings (SSSR count). The molecule has 0 spiro atoms. The molecule has 2 unspecified atom stereocenters. The summed E-state index contributed by atoms with van der Waals surface area (Å²) in [5.74, 6) is 1.51. The molecule has 0 aliphatic carbocycles. The Bertz CT molecular complexity index is 3990. The van der Waals surface area contributed by atoms with E-state index >= 15 is 0 Å². The van der Waals surface area contributed by atoms with Crippen molar-refractivity contribution in [2.75, 3.05) is 23.4 Å². The number of amides is 3. The van der Waals surface area contributed by atoms with Gasteiger partial charge < -0.3 is 41.3 Å². The molecule has 6 atom stereocenters. The van der Waals surface area contributed by atoms with Crippen LogP contribution in [0.4, 0.5) is 10.5 Å². The van der Waals surface area contributed by atoms with Gasteiger partial charge in [-0.2, -0.15) is 28.6 Å². The van der Waals surface area contributed by atoms with Crippen LogP contribution in [0.5, 0.6) is 11.5 Å². The molecule has 5 heterocycles. The fourth-order valence-electron chi connectivity index (χ4n) is 12.5. The first kappa shape index (κ1) is 66.7. The number of rotatable bonds is 22. The van der Waals surface area contributed by atoms with E-state index in [9.17, 15) is 60.4 Å². The number of aliphatic hydroxyl groups is 1. The molecule has 2 saturated heterocycles. The van der Waals surface area contributed by atoms with Crippen LogP contribution in [0.2, 0.25) is 15.1 Å². The number of carbonyl (C=O) groups excluding carboxylic acids is 2. The lowest BCUT2D eigenvalue weighted by atomic mass is 9.79. The van der Waals surface area contributed by atoms with Gasteiger partial charge in [0.05, 0.1) is 49.3 Å². The number of carboxylic acid groups (broad SMARTS) is 2. The van der Waals surface area contributed by atoms with E-state index in [2.05, 4.69) is 38.1 Å². The van der Waals surface area contributed by atoms with Crippen LogP contribution >= 0.6 is 58.3 Å². The second-order valence-corrected chi connectivity index (χ2v) is 30.4. The molecular formula is C61H70Cl3N6O14S4+.